The van der Waals surface area contributed by atoms with Crippen LogP contribution in [0.1, 0.15) is 65.0 Å². The van der Waals surface area contributed by atoms with Gasteiger partial charge in [0.2, 0.25) is 0 Å². The second-order valence-corrected chi connectivity index (χ2v) is 8.10. The largest absolute Gasteiger partial charge is 0.481 e. The van der Waals surface area contributed by atoms with Crippen molar-refractivity contribution in [3.63, 3.8) is 0 Å². The minimum Gasteiger partial charge on any atom is -0.481 e. The van der Waals surface area contributed by atoms with Gasteiger partial charge in [0, 0.05) is 13.0 Å². The Labute approximate surface area is 162 Å². The maximum atomic E-state index is 12.4. The van der Waals surface area contributed by atoms with Gasteiger partial charge in [0.25, 0.3) is 5.91 Å². The molecule has 0 spiro atoms. The maximum absolute atomic E-state index is 12.4. The summed E-state index contributed by atoms with van der Waals surface area (Å²) in [5, 5.41) is 11.9. The molecule has 0 bridgehead atoms. The van der Waals surface area contributed by atoms with Gasteiger partial charge in [0.15, 0.2) is 6.10 Å². The summed E-state index contributed by atoms with van der Waals surface area (Å²) >= 11 is 0. The van der Waals surface area contributed by atoms with Gasteiger partial charge in [0.1, 0.15) is 11.8 Å². The Hall–Kier alpha value is -2.08. The lowest BCUT2D eigenvalue weighted by molar-refractivity contribution is -0.143. The van der Waals surface area contributed by atoms with Crippen LogP contribution in [-0.4, -0.2) is 41.3 Å². The van der Waals surface area contributed by atoms with Gasteiger partial charge >= 0.3 is 5.97 Å². The molecule has 1 amide bonds. The monoisotopic (exact) mass is 379 g/mol. The molecule has 0 aliphatic rings. The molecule has 1 aromatic rings. The summed E-state index contributed by atoms with van der Waals surface area (Å²) in [6.07, 6.45) is -0.623. The number of hydrogen-bond donors (Lipinski definition) is 2. The normalized spacial score (nSPS) is 13.9. The second kappa shape index (κ2) is 9.74. The number of amides is 1. The van der Waals surface area contributed by atoms with Crippen molar-refractivity contribution in [2.75, 3.05) is 6.61 Å². The average molecular weight is 379 g/mol. The molecule has 6 nitrogen and oxygen atoms in total. The Balaban J connectivity index is 2.74. The van der Waals surface area contributed by atoms with Crippen LogP contribution in [0.5, 0.6) is 5.75 Å². The Bertz CT molecular complexity index is 648. The van der Waals surface area contributed by atoms with Crippen LogP contribution in [0.15, 0.2) is 18.2 Å². The predicted molar refractivity (Wildman–Crippen MR) is 105 cm³/mol. The van der Waals surface area contributed by atoms with Gasteiger partial charge in [-0.05, 0) is 57.7 Å². The van der Waals surface area contributed by atoms with E-state index in [2.05, 4.69) is 19.2 Å². The summed E-state index contributed by atoms with van der Waals surface area (Å²) in [7, 11) is 0. The molecular formula is C21H33NO5. The van der Waals surface area contributed by atoms with Crippen molar-refractivity contribution >= 4 is 11.9 Å². The highest BCUT2D eigenvalue weighted by molar-refractivity contribution is 5.86. The SMILES string of the molecule is Cc1ccc(C(C)C)c(OC(C)C(=O)NC(CCOC(C)(C)C)C(=O)O)c1. The van der Waals surface area contributed by atoms with Crippen LogP contribution in [0.25, 0.3) is 0 Å². The van der Waals surface area contributed by atoms with Crippen molar-refractivity contribution in [3.05, 3.63) is 29.3 Å². The topological polar surface area (TPSA) is 84.9 Å². The zero-order valence-corrected chi connectivity index (χ0v) is 17.5. The first kappa shape index (κ1) is 23.0. The quantitative estimate of drug-likeness (QED) is 0.684. The molecule has 0 aliphatic heterocycles. The van der Waals surface area contributed by atoms with E-state index in [0.29, 0.717) is 5.75 Å². The van der Waals surface area contributed by atoms with Crippen LogP contribution in [0, 0.1) is 6.92 Å². The van der Waals surface area contributed by atoms with Crippen molar-refractivity contribution in [3.8, 4) is 5.75 Å². The third kappa shape index (κ3) is 7.99. The molecule has 2 unspecified atom stereocenters. The van der Waals surface area contributed by atoms with E-state index in [1.165, 1.54) is 0 Å². The third-order valence-electron chi connectivity index (χ3n) is 4.02. The summed E-state index contributed by atoms with van der Waals surface area (Å²) in [6.45, 7) is 13.6. The Morgan fingerprint density at radius 2 is 1.81 bits per heavy atom. The van der Waals surface area contributed by atoms with E-state index < -0.39 is 24.0 Å². The first-order valence-electron chi connectivity index (χ1n) is 9.35. The van der Waals surface area contributed by atoms with Crippen LogP contribution < -0.4 is 10.1 Å². The Morgan fingerprint density at radius 3 is 2.33 bits per heavy atom. The number of carboxylic acid groups (broad SMARTS) is 1. The molecule has 0 fully saturated rings. The number of aryl methyl sites for hydroxylation is 1. The fourth-order valence-corrected chi connectivity index (χ4v) is 2.49. The number of ether oxygens (including phenoxy) is 2. The van der Waals surface area contributed by atoms with E-state index in [1.54, 1.807) is 6.92 Å². The first-order valence-corrected chi connectivity index (χ1v) is 9.35. The van der Waals surface area contributed by atoms with E-state index in [0.717, 1.165) is 11.1 Å². The van der Waals surface area contributed by atoms with Gasteiger partial charge in [-0.25, -0.2) is 4.79 Å². The zero-order valence-electron chi connectivity index (χ0n) is 17.5. The fraction of sp³-hybridized carbons (Fsp3) is 0.619. The van der Waals surface area contributed by atoms with Gasteiger partial charge in [-0.1, -0.05) is 26.0 Å². The molecule has 1 rings (SSSR count). The van der Waals surface area contributed by atoms with E-state index in [1.807, 2.05) is 45.9 Å². The number of benzene rings is 1. The van der Waals surface area contributed by atoms with E-state index in [-0.39, 0.29) is 24.5 Å². The van der Waals surface area contributed by atoms with Crippen LogP contribution in [0.2, 0.25) is 0 Å². The summed E-state index contributed by atoms with van der Waals surface area (Å²) in [6, 6.07) is 4.87. The molecule has 6 heteroatoms. The molecular weight excluding hydrogens is 346 g/mol. The molecule has 2 atom stereocenters. The number of aliphatic carboxylic acids is 1. The van der Waals surface area contributed by atoms with E-state index in [4.69, 9.17) is 9.47 Å². The molecule has 0 radical (unpaired) electrons. The molecule has 1 aromatic carbocycles. The van der Waals surface area contributed by atoms with Gasteiger partial charge < -0.3 is 19.9 Å². The molecule has 27 heavy (non-hydrogen) atoms. The van der Waals surface area contributed by atoms with Crippen LogP contribution >= 0.6 is 0 Å². The van der Waals surface area contributed by atoms with Crippen molar-refractivity contribution in [2.24, 2.45) is 0 Å². The average Bonchev–Trinajstić information content (AvgIpc) is 2.52. The first-order chi connectivity index (χ1) is 12.4. The molecule has 0 saturated heterocycles. The Kier molecular flexibility index (Phi) is 8.28. The van der Waals surface area contributed by atoms with Crippen molar-refractivity contribution < 1.29 is 24.2 Å². The molecule has 0 heterocycles. The lowest BCUT2D eigenvalue weighted by atomic mass is 10.0. The second-order valence-electron chi connectivity index (χ2n) is 8.10. The standard InChI is InChI=1S/C21H33NO5/c1-13(2)16-9-8-14(3)12-18(16)27-15(4)19(23)22-17(20(24)25)10-11-26-21(5,6)7/h8-9,12-13,15,17H,10-11H2,1-7H3,(H,22,23)(H,24,25). The van der Waals surface area contributed by atoms with Gasteiger partial charge in [0.05, 0.1) is 5.60 Å². The molecule has 0 aliphatic carbocycles. The fourth-order valence-electron chi connectivity index (χ4n) is 2.49. The van der Waals surface area contributed by atoms with Gasteiger partial charge in [-0.2, -0.15) is 0 Å². The van der Waals surface area contributed by atoms with Crippen molar-refractivity contribution in [2.45, 2.75) is 78.6 Å². The minimum absolute atomic E-state index is 0.187. The number of carboxylic acids is 1. The smallest absolute Gasteiger partial charge is 0.326 e. The lowest BCUT2D eigenvalue weighted by Gasteiger charge is -2.23. The number of rotatable bonds is 9. The van der Waals surface area contributed by atoms with E-state index >= 15 is 0 Å². The molecule has 152 valence electrons. The summed E-state index contributed by atoms with van der Waals surface area (Å²) in [4.78, 5) is 23.9. The third-order valence-corrected chi connectivity index (χ3v) is 4.02. The van der Waals surface area contributed by atoms with Crippen molar-refractivity contribution in [1.82, 2.24) is 5.32 Å². The maximum Gasteiger partial charge on any atom is 0.326 e. The van der Waals surface area contributed by atoms with Crippen LogP contribution in [0.3, 0.4) is 0 Å². The summed E-state index contributed by atoms with van der Waals surface area (Å²) in [5.41, 5.74) is 1.68. The Morgan fingerprint density at radius 1 is 1.19 bits per heavy atom. The number of hydrogen-bond acceptors (Lipinski definition) is 4. The number of carbonyl (C=O) groups excluding carboxylic acids is 1. The summed E-state index contributed by atoms with van der Waals surface area (Å²) < 4.78 is 11.4. The van der Waals surface area contributed by atoms with Crippen LogP contribution in [-0.2, 0) is 14.3 Å². The minimum atomic E-state index is -1.09. The van der Waals surface area contributed by atoms with Gasteiger partial charge in [-0.15, -0.1) is 0 Å². The lowest BCUT2D eigenvalue weighted by Crippen LogP contribution is -2.47. The molecule has 2 N–H and O–H groups in total. The molecule has 0 aromatic heterocycles. The number of carbonyl (C=O) groups is 2. The highest BCUT2D eigenvalue weighted by atomic mass is 16.5. The molecule has 0 saturated carbocycles. The zero-order chi connectivity index (χ0) is 20.8. The van der Waals surface area contributed by atoms with Crippen LogP contribution in [0.4, 0.5) is 0 Å². The highest BCUT2D eigenvalue weighted by Gasteiger charge is 2.25. The van der Waals surface area contributed by atoms with E-state index in [9.17, 15) is 14.7 Å². The van der Waals surface area contributed by atoms with Gasteiger partial charge in [-0.3, -0.25) is 4.79 Å². The summed E-state index contributed by atoms with van der Waals surface area (Å²) in [5.74, 6) is -0.659. The highest BCUT2D eigenvalue weighted by Crippen LogP contribution is 2.28. The van der Waals surface area contributed by atoms with Crippen molar-refractivity contribution in [1.29, 1.82) is 0 Å². The number of nitrogens with one attached hydrogen (secondary N) is 1. The predicted octanol–water partition coefficient (Wildman–Crippen LogP) is 3.66.